The van der Waals surface area contributed by atoms with Crippen LogP contribution in [0.5, 0.6) is 5.75 Å². The van der Waals surface area contributed by atoms with Crippen molar-refractivity contribution in [3.63, 3.8) is 0 Å². The summed E-state index contributed by atoms with van der Waals surface area (Å²) >= 11 is 0. The molecular formula is C15H23NO. The number of rotatable bonds is 7. The van der Waals surface area contributed by atoms with Crippen LogP contribution < -0.4 is 10.5 Å². The lowest BCUT2D eigenvalue weighted by Gasteiger charge is -2.13. The van der Waals surface area contributed by atoms with Gasteiger partial charge in [0, 0.05) is 6.04 Å². The van der Waals surface area contributed by atoms with Gasteiger partial charge in [-0.05, 0) is 44.7 Å². The number of nitrogens with two attached hydrogens (primary N) is 1. The van der Waals surface area contributed by atoms with Crippen molar-refractivity contribution in [1.82, 2.24) is 0 Å². The van der Waals surface area contributed by atoms with Gasteiger partial charge in [-0.1, -0.05) is 23.8 Å². The Hall–Kier alpha value is -1.28. The van der Waals surface area contributed by atoms with Gasteiger partial charge < -0.3 is 10.5 Å². The van der Waals surface area contributed by atoms with Crippen molar-refractivity contribution in [2.45, 2.75) is 39.2 Å². The summed E-state index contributed by atoms with van der Waals surface area (Å²) in [6.07, 6.45) is 4.78. The van der Waals surface area contributed by atoms with E-state index in [1.165, 1.54) is 11.1 Å². The second-order valence-electron chi connectivity index (χ2n) is 4.57. The van der Waals surface area contributed by atoms with Crippen LogP contribution in [0.1, 0.15) is 30.9 Å². The summed E-state index contributed by atoms with van der Waals surface area (Å²) in [7, 11) is 0. The summed E-state index contributed by atoms with van der Waals surface area (Å²) in [6.45, 7) is 8.55. The largest absolute Gasteiger partial charge is 0.493 e. The average Bonchev–Trinajstić information content (AvgIpc) is 2.26. The molecule has 0 amide bonds. The third-order valence-electron chi connectivity index (χ3n) is 2.57. The minimum absolute atomic E-state index is 0.160. The topological polar surface area (TPSA) is 35.2 Å². The van der Waals surface area contributed by atoms with Gasteiger partial charge in [0.25, 0.3) is 0 Å². The van der Waals surface area contributed by atoms with Crippen LogP contribution in [0.15, 0.2) is 30.9 Å². The fourth-order valence-corrected chi connectivity index (χ4v) is 1.77. The molecule has 0 aromatic heterocycles. The third kappa shape index (κ3) is 5.05. The summed E-state index contributed by atoms with van der Waals surface area (Å²) < 4.78 is 5.79. The molecule has 17 heavy (non-hydrogen) atoms. The lowest BCUT2D eigenvalue weighted by atomic mass is 10.0. The molecule has 0 fully saturated rings. The molecule has 0 aliphatic carbocycles. The van der Waals surface area contributed by atoms with Gasteiger partial charge in [-0.25, -0.2) is 0 Å². The van der Waals surface area contributed by atoms with Gasteiger partial charge in [-0.2, -0.15) is 0 Å². The molecule has 0 saturated carbocycles. The van der Waals surface area contributed by atoms with Crippen molar-refractivity contribution < 1.29 is 4.74 Å². The number of ether oxygens (including phenoxy) is 1. The molecule has 1 rings (SSSR count). The first-order valence-corrected chi connectivity index (χ1v) is 6.22. The summed E-state index contributed by atoms with van der Waals surface area (Å²) in [5, 5.41) is 0. The van der Waals surface area contributed by atoms with Crippen LogP contribution in [0.4, 0.5) is 0 Å². The Morgan fingerprint density at radius 1 is 1.47 bits per heavy atom. The number of allylic oxidation sites excluding steroid dienone is 1. The fourth-order valence-electron chi connectivity index (χ4n) is 1.77. The summed E-state index contributed by atoms with van der Waals surface area (Å²) in [5.74, 6) is 0.969. The highest BCUT2D eigenvalue weighted by atomic mass is 16.5. The van der Waals surface area contributed by atoms with E-state index in [0.29, 0.717) is 0 Å². The molecule has 0 radical (unpaired) electrons. The standard InChI is InChI=1S/C15H23NO/c1-4-5-6-9-17-15-8-7-12(2)10-14(15)11-13(3)16/h4,7-8,10,13H,1,5-6,9,11,16H2,2-3H3. The lowest BCUT2D eigenvalue weighted by Crippen LogP contribution is -2.18. The van der Waals surface area contributed by atoms with Crippen LogP contribution in [0, 0.1) is 6.92 Å². The molecule has 0 bridgehead atoms. The average molecular weight is 233 g/mol. The first kappa shape index (κ1) is 13.8. The van der Waals surface area contributed by atoms with Gasteiger partial charge in [0.1, 0.15) is 5.75 Å². The van der Waals surface area contributed by atoms with Crippen LogP contribution in [0.3, 0.4) is 0 Å². The molecule has 0 spiro atoms. The minimum Gasteiger partial charge on any atom is -0.493 e. The molecule has 1 aromatic rings. The zero-order chi connectivity index (χ0) is 12.7. The van der Waals surface area contributed by atoms with Gasteiger partial charge in [0.2, 0.25) is 0 Å². The summed E-state index contributed by atoms with van der Waals surface area (Å²) in [4.78, 5) is 0. The molecule has 1 unspecified atom stereocenters. The fraction of sp³-hybridized carbons (Fsp3) is 0.467. The normalized spacial score (nSPS) is 12.2. The third-order valence-corrected chi connectivity index (χ3v) is 2.57. The van der Waals surface area contributed by atoms with E-state index >= 15 is 0 Å². The smallest absolute Gasteiger partial charge is 0.122 e. The predicted octanol–water partition coefficient (Wildman–Crippen LogP) is 3.23. The minimum atomic E-state index is 0.160. The molecule has 0 aliphatic rings. The maximum atomic E-state index is 5.85. The Bertz CT molecular complexity index is 358. The second kappa shape index (κ2) is 7.13. The van der Waals surface area contributed by atoms with Crippen molar-refractivity contribution in [3.8, 4) is 5.75 Å². The summed E-state index contributed by atoms with van der Waals surface area (Å²) in [6, 6.07) is 6.44. The van der Waals surface area contributed by atoms with Gasteiger partial charge >= 0.3 is 0 Å². The highest BCUT2D eigenvalue weighted by Crippen LogP contribution is 2.21. The molecule has 2 heteroatoms. The van der Waals surface area contributed by atoms with Crippen LogP contribution in [-0.2, 0) is 6.42 Å². The molecule has 0 aliphatic heterocycles. The van der Waals surface area contributed by atoms with E-state index in [0.717, 1.165) is 31.6 Å². The number of aryl methyl sites for hydroxylation is 1. The first-order valence-electron chi connectivity index (χ1n) is 6.22. The van der Waals surface area contributed by atoms with Crippen LogP contribution in [0.25, 0.3) is 0 Å². The molecule has 2 N–H and O–H groups in total. The zero-order valence-corrected chi connectivity index (χ0v) is 10.9. The lowest BCUT2D eigenvalue weighted by molar-refractivity contribution is 0.308. The van der Waals surface area contributed by atoms with E-state index < -0.39 is 0 Å². The molecule has 0 heterocycles. The Kier molecular flexibility index (Phi) is 5.78. The monoisotopic (exact) mass is 233 g/mol. The Morgan fingerprint density at radius 2 is 2.24 bits per heavy atom. The van der Waals surface area contributed by atoms with E-state index in [9.17, 15) is 0 Å². The highest BCUT2D eigenvalue weighted by molar-refractivity contribution is 5.37. The molecule has 1 atom stereocenters. The number of unbranched alkanes of at least 4 members (excludes halogenated alkanes) is 1. The van der Waals surface area contributed by atoms with Gasteiger partial charge in [-0.3, -0.25) is 0 Å². The van der Waals surface area contributed by atoms with E-state index in [2.05, 4.69) is 25.6 Å². The Labute approximate surface area is 104 Å². The molecule has 2 nitrogen and oxygen atoms in total. The number of hydrogen-bond donors (Lipinski definition) is 1. The van der Waals surface area contributed by atoms with E-state index in [-0.39, 0.29) is 6.04 Å². The Morgan fingerprint density at radius 3 is 2.88 bits per heavy atom. The van der Waals surface area contributed by atoms with Crippen molar-refractivity contribution >= 4 is 0 Å². The van der Waals surface area contributed by atoms with Crippen molar-refractivity contribution in [2.24, 2.45) is 5.73 Å². The summed E-state index contributed by atoms with van der Waals surface area (Å²) in [5.41, 5.74) is 8.31. The maximum absolute atomic E-state index is 5.85. The second-order valence-corrected chi connectivity index (χ2v) is 4.57. The van der Waals surface area contributed by atoms with Crippen molar-refractivity contribution in [3.05, 3.63) is 42.0 Å². The van der Waals surface area contributed by atoms with Gasteiger partial charge in [0.15, 0.2) is 0 Å². The zero-order valence-electron chi connectivity index (χ0n) is 10.9. The predicted molar refractivity (Wildman–Crippen MR) is 73.5 cm³/mol. The van der Waals surface area contributed by atoms with E-state index in [4.69, 9.17) is 10.5 Å². The van der Waals surface area contributed by atoms with E-state index in [1.807, 2.05) is 19.1 Å². The highest BCUT2D eigenvalue weighted by Gasteiger charge is 2.06. The number of hydrogen-bond acceptors (Lipinski definition) is 2. The van der Waals surface area contributed by atoms with Crippen molar-refractivity contribution in [1.29, 1.82) is 0 Å². The van der Waals surface area contributed by atoms with E-state index in [1.54, 1.807) is 0 Å². The van der Waals surface area contributed by atoms with Gasteiger partial charge in [-0.15, -0.1) is 6.58 Å². The van der Waals surface area contributed by atoms with Crippen LogP contribution in [0.2, 0.25) is 0 Å². The number of benzene rings is 1. The molecule has 0 saturated heterocycles. The SMILES string of the molecule is C=CCCCOc1ccc(C)cc1CC(C)N. The molecule has 94 valence electrons. The maximum Gasteiger partial charge on any atom is 0.122 e. The molecular weight excluding hydrogens is 210 g/mol. The quantitative estimate of drug-likeness (QED) is 0.579. The Balaban J connectivity index is 2.65. The first-order chi connectivity index (χ1) is 8.13. The van der Waals surface area contributed by atoms with Crippen LogP contribution >= 0.6 is 0 Å². The molecule has 1 aromatic carbocycles. The van der Waals surface area contributed by atoms with Crippen molar-refractivity contribution in [2.75, 3.05) is 6.61 Å². The van der Waals surface area contributed by atoms with Gasteiger partial charge in [0.05, 0.1) is 6.61 Å². The van der Waals surface area contributed by atoms with Crippen LogP contribution in [-0.4, -0.2) is 12.6 Å².